The zero-order valence-electron chi connectivity index (χ0n) is 16.6. The van der Waals surface area contributed by atoms with Crippen LogP contribution < -0.4 is 4.90 Å². The Labute approximate surface area is 174 Å². The molecule has 1 aliphatic rings. The van der Waals surface area contributed by atoms with Gasteiger partial charge >= 0.3 is 0 Å². The minimum atomic E-state index is -1.93. The second-order valence-electron chi connectivity index (χ2n) is 7.55. The number of anilines is 1. The van der Waals surface area contributed by atoms with E-state index in [1.54, 1.807) is 48.5 Å². The zero-order valence-corrected chi connectivity index (χ0v) is 16.6. The quantitative estimate of drug-likeness (QED) is 0.621. The van der Waals surface area contributed by atoms with E-state index in [1.165, 1.54) is 17.0 Å². The number of aryl methyl sites for hydroxylation is 1. The number of hydrogen-bond donors (Lipinski definition) is 1. The molecular formula is C25H22FNO3. The van der Waals surface area contributed by atoms with E-state index in [2.05, 4.69) is 0 Å². The fraction of sp³-hybridized carbons (Fsp3) is 0.200. The summed E-state index contributed by atoms with van der Waals surface area (Å²) in [6.45, 7) is 2.21. The van der Waals surface area contributed by atoms with E-state index in [4.69, 9.17) is 0 Å². The Morgan fingerprint density at radius 1 is 0.967 bits per heavy atom. The maximum Gasteiger partial charge on any atom is 0.264 e. The van der Waals surface area contributed by atoms with Crippen molar-refractivity contribution in [2.45, 2.75) is 31.9 Å². The van der Waals surface area contributed by atoms with Crippen molar-refractivity contribution >= 4 is 17.4 Å². The summed E-state index contributed by atoms with van der Waals surface area (Å²) < 4.78 is 13.2. The molecule has 1 amide bonds. The van der Waals surface area contributed by atoms with Gasteiger partial charge in [0.2, 0.25) is 0 Å². The molecule has 0 radical (unpaired) electrons. The Morgan fingerprint density at radius 3 is 2.27 bits per heavy atom. The van der Waals surface area contributed by atoms with E-state index < -0.39 is 11.5 Å². The Balaban J connectivity index is 1.64. The summed E-state index contributed by atoms with van der Waals surface area (Å²) in [6.07, 6.45) is 0.525. The van der Waals surface area contributed by atoms with Gasteiger partial charge in [-0.1, -0.05) is 61.5 Å². The number of para-hydroxylation sites is 1. The highest BCUT2D eigenvalue weighted by atomic mass is 19.1. The normalized spacial score (nSPS) is 17.8. The van der Waals surface area contributed by atoms with Crippen LogP contribution in [0.2, 0.25) is 0 Å². The first-order valence-corrected chi connectivity index (χ1v) is 9.93. The topological polar surface area (TPSA) is 57.6 Å². The average molecular weight is 403 g/mol. The molecule has 4 rings (SSSR count). The van der Waals surface area contributed by atoms with Crippen molar-refractivity contribution < 1.29 is 19.1 Å². The molecule has 1 aliphatic heterocycles. The largest absolute Gasteiger partial charge is 0.375 e. The number of halogens is 1. The molecule has 1 heterocycles. The molecule has 0 saturated carbocycles. The minimum Gasteiger partial charge on any atom is -0.375 e. The van der Waals surface area contributed by atoms with Gasteiger partial charge in [0.15, 0.2) is 11.4 Å². The Kier molecular flexibility index (Phi) is 5.22. The summed E-state index contributed by atoms with van der Waals surface area (Å²) in [6, 6.07) is 20.0. The van der Waals surface area contributed by atoms with Crippen LogP contribution in [0.25, 0.3) is 0 Å². The molecule has 0 unspecified atom stereocenters. The van der Waals surface area contributed by atoms with E-state index in [1.807, 2.05) is 19.1 Å². The van der Waals surface area contributed by atoms with Gasteiger partial charge < -0.3 is 10.0 Å². The number of amides is 1. The predicted octanol–water partition coefficient (Wildman–Crippen LogP) is 4.40. The molecule has 0 aromatic heterocycles. The SMILES string of the molecule is CCc1ccc(C(=O)C[C@]2(O)C(=O)N(Cc3ccc(F)cc3)c3ccccc32)cc1. The summed E-state index contributed by atoms with van der Waals surface area (Å²) >= 11 is 0. The third-order valence-corrected chi connectivity index (χ3v) is 5.59. The molecule has 4 nitrogen and oxygen atoms in total. The van der Waals surface area contributed by atoms with Gasteiger partial charge in [-0.3, -0.25) is 9.59 Å². The molecule has 0 spiro atoms. The zero-order chi connectivity index (χ0) is 21.3. The highest BCUT2D eigenvalue weighted by Crippen LogP contribution is 2.43. The molecule has 3 aromatic carbocycles. The van der Waals surface area contributed by atoms with Gasteiger partial charge in [0, 0.05) is 11.1 Å². The van der Waals surface area contributed by atoms with Gasteiger partial charge in [-0.2, -0.15) is 0 Å². The molecule has 1 atom stereocenters. The lowest BCUT2D eigenvalue weighted by molar-refractivity contribution is -0.136. The maximum absolute atomic E-state index is 13.3. The smallest absolute Gasteiger partial charge is 0.264 e. The van der Waals surface area contributed by atoms with Crippen LogP contribution >= 0.6 is 0 Å². The first-order valence-electron chi connectivity index (χ1n) is 9.93. The lowest BCUT2D eigenvalue weighted by atomic mass is 9.88. The lowest BCUT2D eigenvalue weighted by Gasteiger charge is -2.23. The first kappa shape index (κ1) is 20.0. The van der Waals surface area contributed by atoms with Crippen LogP contribution in [0.4, 0.5) is 10.1 Å². The van der Waals surface area contributed by atoms with Crippen LogP contribution in [0.5, 0.6) is 0 Å². The maximum atomic E-state index is 13.3. The number of carbonyl (C=O) groups excluding carboxylic acids is 2. The summed E-state index contributed by atoms with van der Waals surface area (Å²) in [7, 11) is 0. The number of rotatable bonds is 6. The standard InChI is InChI=1S/C25H22FNO3/c1-2-17-7-11-19(12-8-17)23(28)15-25(30)21-5-3-4-6-22(21)27(24(25)29)16-18-9-13-20(26)14-10-18/h3-14,30H,2,15-16H2,1H3/t25-/m1/s1. The van der Waals surface area contributed by atoms with Gasteiger partial charge in [0.1, 0.15) is 5.82 Å². The molecule has 1 N–H and O–H groups in total. The lowest BCUT2D eigenvalue weighted by Crippen LogP contribution is -2.41. The highest BCUT2D eigenvalue weighted by Gasteiger charge is 2.50. The van der Waals surface area contributed by atoms with E-state index in [0.717, 1.165) is 17.5 Å². The molecule has 30 heavy (non-hydrogen) atoms. The summed E-state index contributed by atoms with van der Waals surface area (Å²) in [4.78, 5) is 27.6. The number of fused-ring (bicyclic) bond motifs is 1. The molecule has 152 valence electrons. The van der Waals surface area contributed by atoms with Crippen molar-refractivity contribution in [3.8, 4) is 0 Å². The Bertz CT molecular complexity index is 1090. The number of benzene rings is 3. The van der Waals surface area contributed by atoms with Crippen LogP contribution in [-0.2, 0) is 23.4 Å². The molecule has 0 bridgehead atoms. The van der Waals surface area contributed by atoms with E-state index in [0.29, 0.717) is 16.8 Å². The number of Topliss-reactive ketones (excluding diaryl/α,β-unsaturated/α-hetero) is 1. The third-order valence-electron chi connectivity index (χ3n) is 5.59. The number of carbonyl (C=O) groups is 2. The van der Waals surface area contributed by atoms with E-state index in [-0.39, 0.29) is 24.6 Å². The second-order valence-corrected chi connectivity index (χ2v) is 7.55. The van der Waals surface area contributed by atoms with Gasteiger partial charge in [0.25, 0.3) is 5.91 Å². The second kappa shape index (κ2) is 7.84. The first-order chi connectivity index (χ1) is 14.4. The number of nitrogens with zero attached hydrogens (tertiary/aromatic N) is 1. The number of aliphatic hydroxyl groups is 1. The van der Waals surface area contributed by atoms with Gasteiger partial charge in [-0.05, 0) is 35.7 Å². The van der Waals surface area contributed by atoms with E-state index >= 15 is 0 Å². The van der Waals surface area contributed by atoms with Gasteiger partial charge in [-0.15, -0.1) is 0 Å². The highest BCUT2D eigenvalue weighted by molar-refractivity contribution is 6.10. The van der Waals surface area contributed by atoms with Crippen molar-refractivity contribution in [3.05, 3.63) is 101 Å². The molecule has 3 aromatic rings. The van der Waals surface area contributed by atoms with Crippen LogP contribution in [-0.4, -0.2) is 16.8 Å². The number of ketones is 1. The molecule has 0 aliphatic carbocycles. The Hall–Kier alpha value is -3.31. The monoisotopic (exact) mass is 403 g/mol. The van der Waals surface area contributed by atoms with Crippen LogP contribution in [0.15, 0.2) is 72.8 Å². The number of hydrogen-bond acceptors (Lipinski definition) is 3. The molecule has 0 saturated heterocycles. The van der Waals surface area contributed by atoms with Gasteiger partial charge in [0.05, 0.1) is 18.7 Å². The van der Waals surface area contributed by atoms with Crippen molar-refractivity contribution in [2.75, 3.05) is 4.90 Å². The predicted molar refractivity (Wildman–Crippen MR) is 113 cm³/mol. The third kappa shape index (κ3) is 3.53. The van der Waals surface area contributed by atoms with Gasteiger partial charge in [-0.25, -0.2) is 4.39 Å². The molecular weight excluding hydrogens is 381 g/mol. The van der Waals surface area contributed by atoms with Crippen LogP contribution in [0.1, 0.15) is 40.4 Å². The van der Waals surface area contributed by atoms with Crippen LogP contribution in [0, 0.1) is 5.82 Å². The van der Waals surface area contributed by atoms with Crippen molar-refractivity contribution in [3.63, 3.8) is 0 Å². The molecule has 0 fully saturated rings. The fourth-order valence-corrected chi connectivity index (χ4v) is 3.87. The van der Waals surface area contributed by atoms with Crippen LogP contribution in [0.3, 0.4) is 0 Å². The average Bonchev–Trinajstić information content (AvgIpc) is 2.97. The Morgan fingerprint density at radius 2 is 1.60 bits per heavy atom. The van der Waals surface area contributed by atoms with Crippen molar-refractivity contribution in [1.29, 1.82) is 0 Å². The van der Waals surface area contributed by atoms with Crippen molar-refractivity contribution in [2.24, 2.45) is 0 Å². The molecule has 5 heteroatoms. The fourth-order valence-electron chi connectivity index (χ4n) is 3.87. The summed E-state index contributed by atoms with van der Waals surface area (Å²) in [5, 5.41) is 11.4. The minimum absolute atomic E-state index is 0.178. The summed E-state index contributed by atoms with van der Waals surface area (Å²) in [5.41, 5.74) is 1.34. The van der Waals surface area contributed by atoms with Crippen molar-refractivity contribution in [1.82, 2.24) is 0 Å². The van der Waals surface area contributed by atoms with E-state index in [9.17, 15) is 19.1 Å². The summed E-state index contributed by atoms with van der Waals surface area (Å²) in [5.74, 6) is -1.21.